The highest BCUT2D eigenvalue weighted by Crippen LogP contribution is 2.31. The lowest BCUT2D eigenvalue weighted by molar-refractivity contribution is -0.140. The first-order valence-electron chi connectivity index (χ1n) is 7.12. The minimum atomic E-state index is -0.307. The average Bonchev–Trinajstić information content (AvgIpc) is 3.07. The second kappa shape index (κ2) is 7.56. The highest BCUT2D eigenvalue weighted by atomic mass is 32.1. The smallest absolute Gasteiger partial charge is 0.307 e. The number of methoxy groups -OCH3 is 2. The average molecular weight is 311 g/mol. The molecule has 0 fully saturated rings. The maximum atomic E-state index is 12.6. The molecule has 0 aliphatic heterocycles. The van der Waals surface area contributed by atoms with Crippen molar-refractivity contribution in [3.05, 3.63) is 21.4 Å². The number of aryl methyl sites for hydroxylation is 2. The Morgan fingerprint density at radius 1 is 1.29 bits per heavy atom. The second-order valence-corrected chi connectivity index (χ2v) is 6.16. The van der Waals surface area contributed by atoms with Crippen LogP contribution in [-0.2, 0) is 27.1 Å². The highest BCUT2D eigenvalue weighted by molar-refractivity contribution is 7.14. The normalized spacial score (nSPS) is 13.0. The van der Waals surface area contributed by atoms with Crippen LogP contribution in [0.5, 0.6) is 0 Å². The third kappa shape index (κ3) is 4.04. The first-order chi connectivity index (χ1) is 10.2. The summed E-state index contributed by atoms with van der Waals surface area (Å²) < 4.78 is 9.68. The van der Waals surface area contributed by atoms with Crippen molar-refractivity contribution in [1.82, 2.24) is 4.90 Å². The van der Waals surface area contributed by atoms with Crippen LogP contribution in [0, 0.1) is 0 Å². The van der Waals surface area contributed by atoms with Crippen LogP contribution < -0.4 is 0 Å². The molecule has 1 aliphatic rings. The summed E-state index contributed by atoms with van der Waals surface area (Å²) in [6.07, 6.45) is 3.54. The van der Waals surface area contributed by atoms with Gasteiger partial charge in [-0.25, -0.2) is 0 Å². The molecule has 21 heavy (non-hydrogen) atoms. The van der Waals surface area contributed by atoms with Gasteiger partial charge in [0.15, 0.2) is 0 Å². The molecule has 116 valence electrons. The van der Waals surface area contributed by atoms with E-state index in [1.54, 1.807) is 23.3 Å². The Balaban J connectivity index is 2.03. The van der Waals surface area contributed by atoms with Gasteiger partial charge in [-0.2, -0.15) is 0 Å². The topological polar surface area (TPSA) is 55.8 Å². The van der Waals surface area contributed by atoms with Gasteiger partial charge >= 0.3 is 5.97 Å². The molecule has 1 aromatic rings. The van der Waals surface area contributed by atoms with E-state index in [1.807, 2.05) is 6.07 Å². The molecule has 0 N–H and O–H groups in total. The number of carbonyl (C=O) groups excluding carboxylic acids is 2. The number of esters is 1. The molecule has 0 spiro atoms. The maximum Gasteiger partial charge on any atom is 0.307 e. The summed E-state index contributed by atoms with van der Waals surface area (Å²) in [6.45, 7) is 1.30. The van der Waals surface area contributed by atoms with E-state index in [0.29, 0.717) is 19.7 Å². The molecule has 1 aromatic heterocycles. The molecule has 2 rings (SSSR count). The third-order valence-corrected chi connectivity index (χ3v) is 4.85. The molecule has 0 atom stereocenters. The largest absolute Gasteiger partial charge is 0.469 e. The van der Waals surface area contributed by atoms with Gasteiger partial charge in [0, 0.05) is 25.1 Å². The predicted octanol–water partition coefficient (Wildman–Crippen LogP) is 1.89. The van der Waals surface area contributed by atoms with Crippen molar-refractivity contribution in [2.24, 2.45) is 0 Å². The van der Waals surface area contributed by atoms with Gasteiger partial charge in [-0.1, -0.05) is 0 Å². The molecule has 0 radical (unpaired) electrons. The summed E-state index contributed by atoms with van der Waals surface area (Å²) in [5, 5.41) is 0. The fourth-order valence-corrected chi connectivity index (χ4v) is 3.66. The third-order valence-electron chi connectivity index (χ3n) is 3.62. The first-order valence-corrected chi connectivity index (χ1v) is 7.94. The molecule has 0 saturated heterocycles. The number of thiophene rings is 1. The Labute approximate surface area is 128 Å². The van der Waals surface area contributed by atoms with Crippen molar-refractivity contribution in [2.45, 2.75) is 25.7 Å². The second-order valence-electron chi connectivity index (χ2n) is 5.02. The van der Waals surface area contributed by atoms with Gasteiger partial charge in [-0.05, 0) is 30.9 Å². The van der Waals surface area contributed by atoms with E-state index in [-0.39, 0.29) is 18.3 Å². The molecular formula is C15H21NO4S. The van der Waals surface area contributed by atoms with E-state index in [9.17, 15) is 9.59 Å². The summed E-state index contributed by atoms with van der Waals surface area (Å²) in [6, 6.07) is 2.01. The van der Waals surface area contributed by atoms with Crippen LogP contribution in [0.3, 0.4) is 0 Å². The van der Waals surface area contributed by atoms with Crippen LogP contribution >= 0.6 is 11.3 Å². The Bertz CT molecular complexity index is 490. The van der Waals surface area contributed by atoms with Gasteiger partial charge in [0.05, 0.1) is 25.0 Å². The molecule has 0 bridgehead atoms. The molecule has 6 heteroatoms. The first kappa shape index (κ1) is 16.0. The molecule has 0 saturated carbocycles. The monoisotopic (exact) mass is 311 g/mol. The number of hydrogen-bond acceptors (Lipinski definition) is 5. The zero-order valence-electron chi connectivity index (χ0n) is 12.5. The fourth-order valence-electron chi connectivity index (χ4n) is 2.43. The van der Waals surface area contributed by atoms with Crippen LogP contribution in [0.2, 0.25) is 0 Å². The van der Waals surface area contributed by atoms with Gasteiger partial charge in [0.25, 0.3) is 5.91 Å². The summed E-state index contributed by atoms with van der Waals surface area (Å²) in [4.78, 5) is 27.6. The Kier molecular flexibility index (Phi) is 5.76. The standard InChI is InChI=1S/C15H21NO4S/c1-19-9-8-16(7-6-14(17)20-2)15(18)13-10-11-4-3-5-12(11)21-13/h10H,3-9H2,1-2H3. The Hall–Kier alpha value is -1.40. The van der Waals surface area contributed by atoms with E-state index in [4.69, 9.17) is 4.74 Å². The number of rotatable bonds is 7. The summed E-state index contributed by atoms with van der Waals surface area (Å²) in [7, 11) is 2.95. The van der Waals surface area contributed by atoms with Crippen molar-refractivity contribution in [2.75, 3.05) is 33.9 Å². The Morgan fingerprint density at radius 3 is 2.76 bits per heavy atom. The van der Waals surface area contributed by atoms with Crippen LogP contribution in [0.4, 0.5) is 0 Å². The van der Waals surface area contributed by atoms with Gasteiger partial charge in [-0.15, -0.1) is 11.3 Å². The number of fused-ring (bicyclic) bond motifs is 1. The minimum Gasteiger partial charge on any atom is -0.469 e. The molecule has 1 amide bonds. The molecule has 5 nitrogen and oxygen atoms in total. The number of amides is 1. The number of nitrogens with zero attached hydrogens (tertiary/aromatic N) is 1. The van der Waals surface area contributed by atoms with Gasteiger partial charge in [-0.3, -0.25) is 9.59 Å². The zero-order chi connectivity index (χ0) is 15.2. The van der Waals surface area contributed by atoms with Crippen LogP contribution in [0.25, 0.3) is 0 Å². The highest BCUT2D eigenvalue weighted by Gasteiger charge is 2.22. The van der Waals surface area contributed by atoms with Crippen molar-refractivity contribution >= 4 is 23.2 Å². The SMILES string of the molecule is COCCN(CCC(=O)OC)C(=O)c1cc2c(s1)CCC2. The quantitative estimate of drug-likeness (QED) is 0.722. The van der Waals surface area contributed by atoms with Gasteiger partial charge < -0.3 is 14.4 Å². The van der Waals surface area contributed by atoms with Crippen molar-refractivity contribution in [3.63, 3.8) is 0 Å². The molecule has 1 heterocycles. The molecule has 0 aromatic carbocycles. The van der Waals surface area contributed by atoms with Crippen molar-refractivity contribution in [3.8, 4) is 0 Å². The van der Waals surface area contributed by atoms with Crippen molar-refractivity contribution < 1.29 is 19.1 Å². The van der Waals surface area contributed by atoms with Crippen LogP contribution in [0.1, 0.15) is 33.0 Å². The summed E-state index contributed by atoms with van der Waals surface area (Å²) in [5.74, 6) is -0.325. The Morgan fingerprint density at radius 2 is 2.10 bits per heavy atom. The lowest BCUT2D eigenvalue weighted by Gasteiger charge is -2.21. The van der Waals surface area contributed by atoms with Crippen molar-refractivity contribution in [1.29, 1.82) is 0 Å². The molecule has 0 unspecified atom stereocenters. The van der Waals surface area contributed by atoms with E-state index in [2.05, 4.69) is 4.74 Å². The number of hydrogen-bond donors (Lipinski definition) is 0. The van der Waals surface area contributed by atoms with Crippen LogP contribution in [-0.4, -0.2) is 50.7 Å². The lowest BCUT2D eigenvalue weighted by Crippen LogP contribution is -2.35. The molecule has 1 aliphatic carbocycles. The minimum absolute atomic E-state index is 0.0182. The summed E-state index contributed by atoms with van der Waals surface area (Å²) >= 11 is 1.58. The fraction of sp³-hybridized carbons (Fsp3) is 0.600. The summed E-state index contributed by atoms with van der Waals surface area (Å²) in [5.41, 5.74) is 1.31. The van der Waals surface area contributed by atoms with Crippen LogP contribution in [0.15, 0.2) is 6.07 Å². The predicted molar refractivity (Wildman–Crippen MR) is 80.8 cm³/mol. The van der Waals surface area contributed by atoms with E-state index < -0.39 is 0 Å². The lowest BCUT2D eigenvalue weighted by atomic mass is 10.2. The maximum absolute atomic E-state index is 12.6. The van der Waals surface area contributed by atoms with E-state index >= 15 is 0 Å². The molecular weight excluding hydrogens is 290 g/mol. The zero-order valence-corrected chi connectivity index (χ0v) is 13.3. The van der Waals surface area contributed by atoms with E-state index in [0.717, 1.165) is 17.7 Å². The number of carbonyl (C=O) groups is 2. The van der Waals surface area contributed by atoms with E-state index in [1.165, 1.54) is 24.0 Å². The van der Waals surface area contributed by atoms with Gasteiger partial charge in [0.2, 0.25) is 0 Å². The van der Waals surface area contributed by atoms with Gasteiger partial charge in [0.1, 0.15) is 0 Å². The number of ether oxygens (including phenoxy) is 2.